The van der Waals surface area contributed by atoms with E-state index in [1.54, 1.807) is 29.8 Å². The van der Waals surface area contributed by atoms with Crippen LogP contribution in [0.1, 0.15) is 41.1 Å². The molecule has 0 fully saturated rings. The molecule has 31 heavy (non-hydrogen) atoms. The van der Waals surface area contributed by atoms with Gasteiger partial charge in [-0.15, -0.1) is 11.3 Å². The number of rotatable bonds is 5. The monoisotopic (exact) mass is 496 g/mol. The summed E-state index contributed by atoms with van der Waals surface area (Å²) in [6.45, 7) is 2.62. The maximum absolute atomic E-state index is 13.6. The predicted molar refractivity (Wildman–Crippen MR) is 123 cm³/mol. The molecule has 4 aromatic rings. The Balaban J connectivity index is 1.75. The Hall–Kier alpha value is -2.97. The summed E-state index contributed by atoms with van der Waals surface area (Å²) in [6.07, 6.45) is 2.52. The van der Waals surface area contributed by atoms with Gasteiger partial charge in [-0.05, 0) is 42.3 Å². The number of amides is 1. The summed E-state index contributed by atoms with van der Waals surface area (Å²) in [5, 5.41) is 2.72. The van der Waals surface area contributed by atoms with E-state index in [-0.39, 0.29) is 17.1 Å². The summed E-state index contributed by atoms with van der Waals surface area (Å²) < 4.78 is 12.5. The van der Waals surface area contributed by atoms with E-state index in [0.29, 0.717) is 34.0 Å². The minimum atomic E-state index is -0.654. The lowest BCUT2D eigenvalue weighted by Gasteiger charge is -2.23. The SMILES string of the molecule is CCCOc1cccc([C@H]2c3c(oc4ccc(Br)cc4c3=O)C(=O)N2c2nccs2)c1. The molecule has 0 saturated carbocycles. The number of hydrogen-bond acceptors (Lipinski definition) is 6. The highest BCUT2D eigenvalue weighted by atomic mass is 79.9. The second-order valence-electron chi connectivity index (χ2n) is 7.13. The lowest BCUT2D eigenvalue weighted by atomic mass is 9.98. The highest BCUT2D eigenvalue weighted by Gasteiger charge is 2.44. The second-order valence-corrected chi connectivity index (χ2v) is 8.92. The first kappa shape index (κ1) is 20.0. The molecule has 0 aliphatic carbocycles. The van der Waals surface area contributed by atoms with Crippen LogP contribution in [-0.4, -0.2) is 17.5 Å². The van der Waals surface area contributed by atoms with Gasteiger partial charge in [0, 0.05) is 16.0 Å². The van der Waals surface area contributed by atoms with Gasteiger partial charge in [0.05, 0.1) is 23.6 Å². The molecule has 0 radical (unpaired) electrons. The molecule has 0 saturated heterocycles. The van der Waals surface area contributed by atoms with E-state index >= 15 is 0 Å². The normalized spacial score (nSPS) is 15.5. The summed E-state index contributed by atoms with van der Waals surface area (Å²) in [6, 6.07) is 12.0. The standard InChI is InChI=1S/C23H17BrN2O4S/c1-2-9-29-15-5-3-4-13(11-15)19-18-20(27)16-12-14(24)6-7-17(16)30-21(18)22(28)26(19)23-25-8-10-31-23/h3-8,10-12,19H,2,9H2,1H3/t19-/m0/s1. The van der Waals surface area contributed by atoms with E-state index in [0.717, 1.165) is 16.5 Å². The predicted octanol–water partition coefficient (Wildman–Crippen LogP) is 5.55. The van der Waals surface area contributed by atoms with Gasteiger partial charge in [-0.3, -0.25) is 14.5 Å². The topological polar surface area (TPSA) is 72.6 Å². The Morgan fingerprint density at radius 2 is 2.10 bits per heavy atom. The van der Waals surface area contributed by atoms with E-state index in [1.807, 2.05) is 31.2 Å². The van der Waals surface area contributed by atoms with Crippen molar-refractivity contribution in [1.82, 2.24) is 4.98 Å². The number of halogens is 1. The number of benzene rings is 2. The van der Waals surface area contributed by atoms with Crippen molar-refractivity contribution in [3.63, 3.8) is 0 Å². The molecule has 8 heteroatoms. The van der Waals surface area contributed by atoms with E-state index in [4.69, 9.17) is 9.15 Å². The second kappa shape index (κ2) is 7.94. The maximum atomic E-state index is 13.6. The summed E-state index contributed by atoms with van der Waals surface area (Å²) in [4.78, 5) is 32.9. The van der Waals surface area contributed by atoms with Crippen LogP contribution in [0.2, 0.25) is 0 Å². The van der Waals surface area contributed by atoms with Crippen LogP contribution in [0.3, 0.4) is 0 Å². The Morgan fingerprint density at radius 1 is 1.23 bits per heavy atom. The van der Waals surface area contributed by atoms with Crippen molar-refractivity contribution in [2.45, 2.75) is 19.4 Å². The molecule has 1 atom stereocenters. The maximum Gasteiger partial charge on any atom is 0.297 e. The lowest BCUT2D eigenvalue weighted by Crippen LogP contribution is -2.29. The van der Waals surface area contributed by atoms with E-state index in [2.05, 4.69) is 20.9 Å². The van der Waals surface area contributed by atoms with Gasteiger partial charge < -0.3 is 9.15 Å². The summed E-state index contributed by atoms with van der Waals surface area (Å²) in [5.41, 5.74) is 1.23. The summed E-state index contributed by atoms with van der Waals surface area (Å²) in [5.74, 6) is 0.365. The number of anilines is 1. The quantitative estimate of drug-likeness (QED) is 0.362. The number of carbonyl (C=O) groups excluding carboxylic acids is 1. The molecule has 0 N–H and O–H groups in total. The molecule has 156 valence electrons. The Bertz CT molecular complexity index is 1350. The molecule has 3 heterocycles. The van der Waals surface area contributed by atoms with E-state index < -0.39 is 6.04 Å². The van der Waals surface area contributed by atoms with Crippen LogP contribution >= 0.6 is 27.3 Å². The van der Waals surface area contributed by atoms with Gasteiger partial charge in [-0.1, -0.05) is 35.0 Å². The van der Waals surface area contributed by atoms with Gasteiger partial charge in [0.15, 0.2) is 10.6 Å². The third-order valence-electron chi connectivity index (χ3n) is 5.10. The number of carbonyl (C=O) groups is 1. The average Bonchev–Trinajstić information content (AvgIpc) is 3.40. The lowest BCUT2D eigenvalue weighted by molar-refractivity contribution is 0.0971. The van der Waals surface area contributed by atoms with Crippen molar-refractivity contribution in [3.8, 4) is 5.75 Å². The molecule has 0 bridgehead atoms. The first-order valence-corrected chi connectivity index (χ1v) is 11.5. The zero-order chi connectivity index (χ0) is 21.5. The van der Waals surface area contributed by atoms with Crippen LogP contribution in [-0.2, 0) is 0 Å². The van der Waals surface area contributed by atoms with Gasteiger partial charge >= 0.3 is 0 Å². The summed E-state index contributed by atoms with van der Waals surface area (Å²) in [7, 11) is 0. The molecular formula is C23H17BrN2O4S. The molecule has 0 unspecified atom stereocenters. The number of aromatic nitrogens is 1. The minimum Gasteiger partial charge on any atom is -0.494 e. The van der Waals surface area contributed by atoms with Crippen LogP contribution in [0.4, 0.5) is 5.13 Å². The molecular weight excluding hydrogens is 480 g/mol. The first-order chi connectivity index (χ1) is 15.1. The summed E-state index contributed by atoms with van der Waals surface area (Å²) >= 11 is 4.75. The highest BCUT2D eigenvalue weighted by Crippen LogP contribution is 2.42. The molecule has 2 aromatic carbocycles. The molecule has 1 aliphatic heterocycles. The Labute approximate surface area is 190 Å². The van der Waals surface area contributed by atoms with Crippen molar-refractivity contribution < 1.29 is 13.9 Å². The van der Waals surface area contributed by atoms with E-state index in [9.17, 15) is 9.59 Å². The van der Waals surface area contributed by atoms with Crippen LogP contribution in [0.25, 0.3) is 11.0 Å². The first-order valence-electron chi connectivity index (χ1n) is 9.80. The van der Waals surface area contributed by atoms with Gasteiger partial charge in [0.1, 0.15) is 11.3 Å². The number of ether oxygens (including phenoxy) is 1. The largest absolute Gasteiger partial charge is 0.494 e. The third-order valence-corrected chi connectivity index (χ3v) is 6.37. The fourth-order valence-corrected chi connectivity index (χ4v) is 4.82. The molecule has 1 amide bonds. The minimum absolute atomic E-state index is 0.0555. The fraction of sp³-hybridized carbons (Fsp3) is 0.174. The zero-order valence-corrected chi connectivity index (χ0v) is 18.9. The molecule has 2 aromatic heterocycles. The molecule has 0 spiro atoms. The van der Waals surface area contributed by atoms with Crippen LogP contribution in [0, 0.1) is 0 Å². The smallest absolute Gasteiger partial charge is 0.297 e. The van der Waals surface area contributed by atoms with Crippen LogP contribution in [0.15, 0.2) is 67.7 Å². The van der Waals surface area contributed by atoms with Crippen molar-refractivity contribution in [1.29, 1.82) is 0 Å². The Morgan fingerprint density at radius 3 is 2.87 bits per heavy atom. The third kappa shape index (κ3) is 3.36. The van der Waals surface area contributed by atoms with Gasteiger partial charge in [0.25, 0.3) is 5.91 Å². The van der Waals surface area contributed by atoms with Crippen molar-refractivity contribution in [3.05, 3.63) is 85.6 Å². The molecule has 5 rings (SSSR count). The number of nitrogens with zero attached hydrogens (tertiary/aromatic N) is 2. The Kier molecular flexibility index (Phi) is 5.11. The van der Waals surface area contributed by atoms with Crippen molar-refractivity contribution >= 4 is 49.3 Å². The number of thiazole rings is 1. The van der Waals surface area contributed by atoms with Gasteiger partial charge in [-0.25, -0.2) is 4.98 Å². The molecule has 1 aliphatic rings. The van der Waals surface area contributed by atoms with Crippen LogP contribution < -0.4 is 15.1 Å². The fourth-order valence-electron chi connectivity index (χ4n) is 3.79. The number of hydrogen-bond donors (Lipinski definition) is 0. The highest BCUT2D eigenvalue weighted by molar-refractivity contribution is 9.10. The van der Waals surface area contributed by atoms with Crippen molar-refractivity contribution in [2.75, 3.05) is 11.5 Å². The molecule has 6 nitrogen and oxygen atoms in total. The zero-order valence-electron chi connectivity index (χ0n) is 16.5. The van der Waals surface area contributed by atoms with Gasteiger partial charge in [0.2, 0.25) is 5.76 Å². The van der Waals surface area contributed by atoms with Gasteiger partial charge in [-0.2, -0.15) is 0 Å². The van der Waals surface area contributed by atoms with E-state index in [1.165, 1.54) is 16.2 Å². The average molecular weight is 497 g/mol. The van der Waals surface area contributed by atoms with Crippen molar-refractivity contribution in [2.24, 2.45) is 0 Å². The number of fused-ring (bicyclic) bond motifs is 2. The van der Waals surface area contributed by atoms with Crippen LogP contribution in [0.5, 0.6) is 5.75 Å².